The Morgan fingerprint density at radius 3 is 2.37 bits per heavy atom. The number of carbonyl (C=O) groups excluding carboxylic acids is 2. The lowest BCUT2D eigenvalue weighted by molar-refractivity contribution is -0.139. The van der Waals surface area contributed by atoms with Crippen LogP contribution in [0.2, 0.25) is 0 Å². The molecule has 0 spiro atoms. The van der Waals surface area contributed by atoms with E-state index in [4.69, 9.17) is 5.73 Å². The average Bonchev–Trinajstić information content (AvgIpc) is 2.44. The molecule has 19 heavy (non-hydrogen) atoms. The molecule has 0 bridgehead atoms. The van der Waals surface area contributed by atoms with Gasteiger partial charge in [-0.05, 0) is 18.4 Å². The molecule has 4 heteroatoms. The van der Waals surface area contributed by atoms with Crippen molar-refractivity contribution in [2.24, 2.45) is 5.73 Å². The van der Waals surface area contributed by atoms with Crippen LogP contribution in [0.5, 0.6) is 0 Å². The van der Waals surface area contributed by atoms with E-state index < -0.39 is 17.7 Å². The smallest absolute Gasteiger partial charge is 0.289 e. The minimum Gasteiger partial charge on any atom is -0.343 e. The van der Waals surface area contributed by atoms with Gasteiger partial charge < -0.3 is 11.1 Å². The van der Waals surface area contributed by atoms with Crippen LogP contribution in [-0.2, 0) is 9.59 Å². The van der Waals surface area contributed by atoms with Crippen molar-refractivity contribution in [3.63, 3.8) is 0 Å². The normalized spacial score (nSPS) is 13.6. The van der Waals surface area contributed by atoms with Crippen LogP contribution in [0.1, 0.15) is 44.7 Å². The first-order chi connectivity index (χ1) is 9.10. The summed E-state index contributed by atoms with van der Waals surface area (Å²) in [5.74, 6) is -1.12. The molecule has 1 aromatic rings. The van der Waals surface area contributed by atoms with Gasteiger partial charge in [-0.2, -0.15) is 0 Å². The number of ketones is 1. The molecule has 0 unspecified atom stereocenters. The summed E-state index contributed by atoms with van der Waals surface area (Å²) in [7, 11) is 0. The predicted molar refractivity (Wildman–Crippen MR) is 75.5 cm³/mol. The lowest BCUT2D eigenvalue weighted by atomic mass is 10.0. The molecule has 1 aromatic carbocycles. The SMILES string of the molecule is CCC[C@H](N)C(=O)C(=O)N[C@@H](CC)c1ccccc1. The van der Waals surface area contributed by atoms with Crippen LogP contribution in [0, 0.1) is 0 Å². The summed E-state index contributed by atoms with van der Waals surface area (Å²) < 4.78 is 0. The van der Waals surface area contributed by atoms with Crippen LogP contribution in [0.3, 0.4) is 0 Å². The molecule has 0 aliphatic heterocycles. The molecule has 0 heterocycles. The fraction of sp³-hybridized carbons (Fsp3) is 0.467. The first-order valence-electron chi connectivity index (χ1n) is 6.75. The van der Waals surface area contributed by atoms with Crippen molar-refractivity contribution >= 4 is 11.7 Å². The summed E-state index contributed by atoms with van der Waals surface area (Å²) >= 11 is 0. The minimum absolute atomic E-state index is 0.147. The van der Waals surface area contributed by atoms with Gasteiger partial charge in [-0.3, -0.25) is 9.59 Å². The number of hydrogen-bond acceptors (Lipinski definition) is 3. The van der Waals surface area contributed by atoms with Gasteiger partial charge in [-0.15, -0.1) is 0 Å². The fourth-order valence-electron chi connectivity index (χ4n) is 1.95. The van der Waals surface area contributed by atoms with E-state index in [2.05, 4.69) is 5.32 Å². The van der Waals surface area contributed by atoms with Gasteiger partial charge in [0, 0.05) is 0 Å². The zero-order valence-electron chi connectivity index (χ0n) is 11.6. The highest BCUT2D eigenvalue weighted by atomic mass is 16.2. The Morgan fingerprint density at radius 1 is 1.21 bits per heavy atom. The first kappa shape index (κ1) is 15.4. The Balaban J connectivity index is 2.66. The van der Waals surface area contributed by atoms with Crippen LogP contribution in [0.15, 0.2) is 30.3 Å². The second-order valence-electron chi connectivity index (χ2n) is 4.60. The molecule has 0 aliphatic carbocycles. The number of nitrogens with two attached hydrogens (primary N) is 1. The van der Waals surface area contributed by atoms with Gasteiger partial charge in [-0.1, -0.05) is 50.6 Å². The van der Waals surface area contributed by atoms with E-state index in [9.17, 15) is 9.59 Å². The van der Waals surface area contributed by atoms with Crippen molar-refractivity contribution in [3.05, 3.63) is 35.9 Å². The van der Waals surface area contributed by atoms with Gasteiger partial charge >= 0.3 is 0 Å². The standard InChI is InChI=1S/C15H22N2O2/c1-3-8-12(16)14(18)15(19)17-13(4-2)11-9-6-5-7-10-11/h5-7,9-10,12-13H,3-4,8,16H2,1-2H3,(H,17,19)/t12-,13-/m0/s1. The largest absolute Gasteiger partial charge is 0.343 e. The zero-order valence-corrected chi connectivity index (χ0v) is 11.6. The van der Waals surface area contributed by atoms with Gasteiger partial charge in [-0.25, -0.2) is 0 Å². The van der Waals surface area contributed by atoms with Crippen LogP contribution < -0.4 is 11.1 Å². The predicted octanol–water partition coefficient (Wildman–Crippen LogP) is 1.95. The van der Waals surface area contributed by atoms with Gasteiger partial charge in [0.05, 0.1) is 12.1 Å². The van der Waals surface area contributed by atoms with E-state index in [1.165, 1.54) is 0 Å². The maximum absolute atomic E-state index is 11.9. The monoisotopic (exact) mass is 262 g/mol. The van der Waals surface area contributed by atoms with Crippen molar-refractivity contribution in [2.75, 3.05) is 0 Å². The fourth-order valence-corrected chi connectivity index (χ4v) is 1.95. The average molecular weight is 262 g/mol. The van der Waals surface area contributed by atoms with Gasteiger partial charge in [0.1, 0.15) is 0 Å². The van der Waals surface area contributed by atoms with E-state index in [-0.39, 0.29) is 6.04 Å². The maximum Gasteiger partial charge on any atom is 0.289 e. The molecular formula is C15H22N2O2. The molecule has 3 N–H and O–H groups in total. The molecule has 1 rings (SSSR count). The molecule has 4 nitrogen and oxygen atoms in total. The third-order valence-corrected chi connectivity index (χ3v) is 3.08. The molecule has 104 valence electrons. The van der Waals surface area contributed by atoms with Crippen molar-refractivity contribution in [1.29, 1.82) is 0 Å². The van der Waals surface area contributed by atoms with Crippen LogP contribution in [-0.4, -0.2) is 17.7 Å². The van der Waals surface area contributed by atoms with E-state index >= 15 is 0 Å². The Kier molecular flexibility index (Phi) is 6.22. The number of benzene rings is 1. The van der Waals surface area contributed by atoms with E-state index in [0.29, 0.717) is 6.42 Å². The number of rotatable bonds is 7. The lowest BCUT2D eigenvalue weighted by Gasteiger charge is -2.18. The van der Waals surface area contributed by atoms with Crippen molar-refractivity contribution in [3.8, 4) is 0 Å². The van der Waals surface area contributed by atoms with Crippen LogP contribution in [0.25, 0.3) is 0 Å². The number of hydrogen-bond donors (Lipinski definition) is 2. The number of Topliss-reactive ketones (excluding diaryl/α,β-unsaturated/α-hetero) is 1. The summed E-state index contributed by atoms with van der Waals surface area (Å²) in [6.07, 6.45) is 2.05. The quantitative estimate of drug-likeness (QED) is 0.738. The summed E-state index contributed by atoms with van der Waals surface area (Å²) in [4.78, 5) is 23.6. The van der Waals surface area contributed by atoms with Gasteiger partial charge in [0.2, 0.25) is 5.78 Å². The Hall–Kier alpha value is -1.68. The summed E-state index contributed by atoms with van der Waals surface area (Å²) in [6.45, 7) is 3.90. The van der Waals surface area contributed by atoms with Crippen molar-refractivity contribution in [1.82, 2.24) is 5.32 Å². The summed E-state index contributed by atoms with van der Waals surface area (Å²) in [5, 5.41) is 2.75. The van der Waals surface area contributed by atoms with Crippen LogP contribution >= 0.6 is 0 Å². The molecule has 0 aliphatic rings. The molecule has 1 amide bonds. The Labute approximate surface area is 114 Å². The van der Waals surface area contributed by atoms with Crippen molar-refractivity contribution in [2.45, 2.75) is 45.2 Å². The summed E-state index contributed by atoms with van der Waals surface area (Å²) in [5.41, 5.74) is 6.67. The van der Waals surface area contributed by atoms with Crippen LogP contribution in [0.4, 0.5) is 0 Å². The molecule has 0 fully saturated rings. The third kappa shape index (κ3) is 4.48. The Bertz CT molecular complexity index is 417. The maximum atomic E-state index is 11.9. The molecule has 0 saturated heterocycles. The highest BCUT2D eigenvalue weighted by molar-refractivity contribution is 6.38. The van der Waals surface area contributed by atoms with E-state index in [1.807, 2.05) is 44.2 Å². The number of carbonyl (C=O) groups is 2. The van der Waals surface area contributed by atoms with E-state index in [0.717, 1.165) is 18.4 Å². The molecule has 0 radical (unpaired) electrons. The molecule has 0 aromatic heterocycles. The second kappa shape index (κ2) is 7.69. The summed E-state index contributed by atoms with van der Waals surface area (Å²) in [6, 6.07) is 8.77. The molecule has 2 atom stereocenters. The topological polar surface area (TPSA) is 72.2 Å². The highest BCUT2D eigenvalue weighted by Gasteiger charge is 2.23. The third-order valence-electron chi connectivity index (χ3n) is 3.08. The van der Waals surface area contributed by atoms with E-state index in [1.54, 1.807) is 0 Å². The number of amides is 1. The van der Waals surface area contributed by atoms with Crippen molar-refractivity contribution < 1.29 is 9.59 Å². The molecule has 0 saturated carbocycles. The second-order valence-corrected chi connectivity index (χ2v) is 4.60. The zero-order chi connectivity index (χ0) is 14.3. The number of nitrogens with one attached hydrogen (secondary N) is 1. The highest BCUT2D eigenvalue weighted by Crippen LogP contribution is 2.15. The molecular weight excluding hydrogens is 240 g/mol. The minimum atomic E-state index is -0.696. The lowest BCUT2D eigenvalue weighted by Crippen LogP contribution is -2.43. The van der Waals surface area contributed by atoms with Gasteiger partial charge in [0.25, 0.3) is 5.91 Å². The Morgan fingerprint density at radius 2 is 1.84 bits per heavy atom. The van der Waals surface area contributed by atoms with Gasteiger partial charge in [0.15, 0.2) is 0 Å². The first-order valence-corrected chi connectivity index (χ1v) is 6.75.